The summed E-state index contributed by atoms with van der Waals surface area (Å²) in [5.41, 5.74) is 8.26. The fourth-order valence-electron chi connectivity index (χ4n) is 3.50. The highest BCUT2D eigenvalue weighted by molar-refractivity contribution is 6.05. The third-order valence-electron chi connectivity index (χ3n) is 5.12. The lowest BCUT2D eigenvalue weighted by atomic mass is 9.97. The van der Waals surface area contributed by atoms with Crippen LogP contribution in [0.5, 0.6) is 0 Å². The van der Waals surface area contributed by atoms with Crippen LogP contribution in [0.3, 0.4) is 0 Å². The van der Waals surface area contributed by atoms with Gasteiger partial charge in [-0.05, 0) is 50.1 Å². The second-order valence-electron chi connectivity index (χ2n) is 7.22. The number of carbonyl (C=O) groups is 3. The molecule has 1 aliphatic rings. The monoisotopic (exact) mass is 379 g/mol. The molecular formula is C22H25N3O3. The van der Waals surface area contributed by atoms with Gasteiger partial charge < -0.3 is 11.1 Å². The van der Waals surface area contributed by atoms with Gasteiger partial charge in [0.15, 0.2) is 5.78 Å². The molecule has 0 saturated carbocycles. The van der Waals surface area contributed by atoms with Gasteiger partial charge in [-0.25, -0.2) is 0 Å². The highest BCUT2D eigenvalue weighted by atomic mass is 16.2. The van der Waals surface area contributed by atoms with E-state index in [2.05, 4.69) is 10.2 Å². The summed E-state index contributed by atoms with van der Waals surface area (Å²) >= 11 is 0. The summed E-state index contributed by atoms with van der Waals surface area (Å²) in [6.45, 7) is 3.68. The van der Waals surface area contributed by atoms with E-state index in [-0.39, 0.29) is 23.5 Å². The second-order valence-corrected chi connectivity index (χ2v) is 7.22. The maximum Gasteiger partial charge on any atom is 0.255 e. The van der Waals surface area contributed by atoms with E-state index in [1.54, 1.807) is 24.3 Å². The van der Waals surface area contributed by atoms with E-state index in [1.165, 1.54) is 6.92 Å². The maximum absolute atomic E-state index is 12.6. The first-order valence-electron chi connectivity index (χ1n) is 9.46. The molecule has 28 heavy (non-hydrogen) atoms. The number of Topliss-reactive ketones (excluding diaryl/α,β-unsaturated/α-hetero) is 1. The smallest absolute Gasteiger partial charge is 0.255 e. The first-order valence-corrected chi connectivity index (χ1v) is 9.46. The number of benzene rings is 2. The fourth-order valence-corrected chi connectivity index (χ4v) is 3.50. The Labute approximate surface area is 164 Å². The molecule has 0 aliphatic carbocycles. The summed E-state index contributed by atoms with van der Waals surface area (Å²) in [6.07, 6.45) is 1.77. The van der Waals surface area contributed by atoms with E-state index in [0.29, 0.717) is 24.2 Å². The van der Waals surface area contributed by atoms with Gasteiger partial charge in [0.1, 0.15) is 0 Å². The SMILES string of the molecule is CC(=O)c1ccc(C(=O)Nc2ccccc2CN2CCCC(C(N)=O)C2)cc1. The van der Waals surface area contributed by atoms with Crippen LogP contribution in [-0.2, 0) is 11.3 Å². The minimum absolute atomic E-state index is 0.0342. The van der Waals surface area contributed by atoms with Gasteiger partial charge in [-0.1, -0.05) is 30.3 Å². The molecule has 6 nitrogen and oxygen atoms in total. The standard InChI is InChI=1S/C22H25N3O3/c1-15(26)16-8-10-17(11-9-16)22(28)24-20-7-3-2-5-18(20)13-25-12-4-6-19(14-25)21(23)27/h2-3,5,7-11,19H,4,6,12-14H2,1H3,(H2,23,27)(H,24,28). The first kappa shape index (κ1) is 19.8. The number of hydrogen-bond acceptors (Lipinski definition) is 4. The summed E-state index contributed by atoms with van der Waals surface area (Å²) in [5, 5.41) is 2.96. The minimum Gasteiger partial charge on any atom is -0.369 e. The van der Waals surface area contributed by atoms with Gasteiger partial charge in [-0.15, -0.1) is 0 Å². The normalized spacial score (nSPS) is 17.1. The molecule has 1 heterocycles. The molecule has 1 unspecified atom stereocenters. The third kappa shape index (κ3) is 4.84. The summed E-state index contributed by atoms with van der Waals surface area (Å²) in [6, 6.07) is 14.3. The Kier molecular flexibility index (Phi) is 6.21. The van der Waals surface area contributed by atoms with E-state index in [4.69, 9.17) is 5.73 Å². The Morgan fingerprint density at radius 2 is 1.75 bits per heavy atom. The van der Waals surface area contributed by atoms with Gasteiger partial charge in [0, 0.05) is 29.9 Å². The highest BCUT2D eigenvalue weighted by Crippen LogP contribution is 2.22. The Morgan fingerprint density at radius 3 is 2.43 bits per heavy atom. The largest absolute Gasteiger partial charge is 0.369 e. The molecule has 3 N–H and O–H groups in total. The molecule has 2 amide bonds. The molecule has 6 heteroatoms. The average Bonchev–Trinajstić information content (AvgIpc) is 2.69. The van der Waals surface area contributed by atoms with Gasteiger partial charge in [0.05, 0.1) is 5.92 Å². The summed E-state index contributed by atoms with van der Waals surface area (Å²) in [4.78, 5) is 37.7. The number of nitrogens with two attached hydrogens (primary N) is 1. The number of nitrogens with zero attached hydrogens (tertiary/aromatic N) is 1. The quantitative estimate of drug-likeness (QED) is 0.755. The number of hydrogen-bond donors (Lipinski definition) is 2. The third-order valence-corrected chi connectivity index (χ3v) is 5.12. The van der Waals surface area contributed by atoms with Crippen molar-refractivity contribution in [2.24, 2.45) is 11.7 Å². The van der Waals surface area contributed by atoms with E-state index in [1.807, 2.05) is 24.3 Å². The molecule has 0 aromatic heterocycles. The first-order chi connectivity index (χ1) is 13.4. The summed E-state index contributed by atoms with van der Waals surface area (Å²) in [7, 11) is 0. The molecule has 0 spiro atoms. The number of primary amides is 1. The van der Waals surface area contributed by atoms with Gasteiger partial charge in [0.2, 0.25) is 5.91 Å². The molecule has 3 rings (SSSR count). The Hall–Kier alpha value is -2.99. The van der Waals surface area contributed by atoms with Crippen LogP contribution in [0.1, 0.15) is 46.0 Å². The molecule has 2 aromatic carbocycles. The zero-order valence-corrected chi connectivity index (χ0v) is 16.0. The minimum atomic E-state index is -0.250. The molecule has 0 radical (unpaired) electrons. The number of piperidine rings is 1. The lowest BCUT2D eigenvalue weighted by Crippen LogP contribution is -2.40. The molecule has 1 aliphatic heterocycles. The van der Waals surface area contributed by atoms with Crippen LogP contribution < -0.4 is 11.1 Å². The lowest BCUT2D eigenvalue weighted by molar-refractivity contribution is -0.123. The molecule has 0 bridgehead atoms. The van der Waals surface area contributed by atoms with E-state index in [9.17, 15) is 14.4 Å². The predicted octanol–water partition coefficient (Wildman–Crippen LogP) is 2.84. The number of anilines is 1. The number of rotatable bonds is 6. The Morgan fingerprint density at radius 1 is 1.07 bits per heavy atom. The van der Waals surface area contributed by atoms with Gasteiger partial charge in [0.25, 0.3) is 5.91 Å². The van der Waals surface area contributed by atoms with Gasteiger partial charge in [-0.2, -0.15) is 0 Å². The molecule has 1 fully saturated rings. The zero-order chi connectivity index (χ0) is 20.1. The van der Waals surface area contributed by atoms with Crippen LogP contribution in [0.15, 0.2) is 48.5 Å². The molecule has 1 saturated heterocycles. The van der Waals surface area contributed by atoms with E-state index >= 15 is 0 Å². The van der Waals surface area contributed by atoms with Crippen molar-refractivity contribution >= 4 is 23.3 Å². The molecular weight excluding hydrogens is 354 g/mol. The van der Waals surface area contributed by atoms with Crippen LogP contribution in [0.4, 0.5) is 5.69 Å². The van der Waals surface area contributed by atoms with Crippen LogP contribution in [0.2, 0.25) is 0 Å². The molecule has 1 atom stereocenters. The van der Waals surface area contributed by atoms with Crippen molar-refractivity contribution in [1.29, 1.82) is 0 Å². The summed E-state index contributed by atoms with van der Waals surface area (Å²) in [5.74, 6) is -0.625. The topological polar surface area (TPSA) is 92.5 Å². The van der Waals surface area contributed by atoms with Crippen molar-refractivity contribution in [3.63, 3.8) is 0 Å². The fraction of sp³-hybridized carbons (Fsp3) is 0.318. The van der Waals surface area contributed by atoms with Crippen molar-refractivity contribution in [3.8, 4) is 0 Å². The molecule has 146 valence electrons. The number of para-hydroxylation sites is 1. The van der Waals surface area contributed by atoms with Crippen molar-refractivity contribution in [2.45, 2.75) is 26.3 Å². The lowest BCUT2D eigenvalue weighted by Gasteiger charge is -2.31. The van der Waals surface area contributed by atoms with Gasteiger partial charge >= 0.3 is 0 Å². The van der Waals surface area contributed by atoms with E-state index < -0.39 is 0 Å². The Balaban J connectivity index is 1.70. The predicted molar refractivity (Wildman–Crippen MR) is 108 cm³/mol. The number of likely N-dealkylation sites (tertiary alicyclic amines) is 1. The highest BCUT2D eigenvalue weighted by Gasteiger charge is 2.24. The zero-order valence-electron chi connectivity index (χ0n) is 16.0. The number of ketones is 1. The van der Waals surface area contributed by atoms with Crippen LogP contribution >= 0.6 is 0 Å². The average molecular weight is 379 g/mol. The van der Waals surface area contributed by atoms with Crippen molar-refractivity contribution in [1.82, 2.24) is 4.90 Å². The van der Waals surface area contributed by atoms with E-state index in [0.717, 1.165) is 30.6 Å². The second kappa shape index (κ2) is 8.80. The van der Waals surface area contributed by atoms with Gasteiger partial charge in [-0.3, -0.25) is 19.3 Å². The van der Waals surface area contributed by atoms with Crippen LogP contribution in [-0.4, -0.2) is 35.6 Å². The van der Waals surface area contributed by atoms with Crippen molar-refractivity contribution in [2.75, 3.05) is 18.4 Å². The maximum atomic E-state index is 12.6. The molecule has 2 aromatic rings. The summed E-state index contributed by atoms with van der Waals surface area (Å²) < 4.78 is 0. The number of amides is 2. The number of carbonyl (C=O) groups excluding carboxylic acids is 3. The number of nitrogens with one attached hydrogen (secondary N) is 1. The van der Waals surface area contributed by atoms with Crippen LogP contribution in [0, 0.1) is 5.92 Å². The Bertz CT molecular complexity index is 877. The van der Waals surface area contributed by atoms with Crippen LogP contribution in [0.25, 0.3) is 0 Å². The van der Waals surface area contributed by atoms with Crippen molar-refractivity contribution < 1.29 is 14.4 Å². The van der Waals surface area contributed by atoms with Crippen molar-refractivity contribution in [3.05, 3.63) is 65.2 Å².